The summed E-state index contributed by atoms with van der Waals surface area (Å²) in [6, 6.07) is 12.9. The largest absolute Gasteiger partial charge is 0.441 e. The van der Waals surface area contributed by atoms with E-state index in [1.54, 1.807) is 20.2 Å². The van der Waals surface area contributed by atoms with Crippen molar-refractivity contribution in [3.8, 4) is 11.3 Å². The fourth-order valence-corrected chi connectivity index (χ4v) is 2.76. The number of aryl methyl sites for hydroxylation is 1. The molecule has 4 nitrogen and oxygen atoms in total. The summed E-state index contributed by atoms with van der Waals surface area (Å²) in [5.74, 6) is -0.823. The molecule has 0 radical (unpaired) electrons. The number of carbonyl (C=O) groups excluding carboxylic acids is 1. The zero-order valence-corrected chi connectivity index (χ0v) is 15.2. The molecule has 140 valence electrons. The average molecular weight is 370 g/mol. The van der Waals surface area contributed by atoms with Crippen molar-refractivity contribution in [1.82, 2.24) is 9.88 Å². The number of hydrogen-bond acceptors (Lipinski definition) is 3. The Bertz CT molecular complexity index is 925. The molecule has 6 heteroatoms. The van der Waals surface area contributed by atoms with Crippen LogP contribution in [0.15, 0.2) is 59.1 Å². The fraction of sp³-hybridized carbons (Fsp3) is 0.238. The van der Waals surface area contributed by atoms with E-state index in [2.05, 4.69) is 4.98 Å². The van der Waals surface area contributed by atoms with Crippen molar-refractivity contribution in [3.63, 3.8) is 0 Å². The van der Waals surface area contributed by atoms with Crippen molar-refractivity contribution in [1.29, 1.82) is 0 Å². The van der Waals surface area contributed by atoms with Gasteiger partial charge in [0, 0.05) is 25.5 Å². The lowest BCUT2D eigenvalue weighted by Crippen LogP contribution is -2.30. The molecule has 0 saturated carbocycles. The van der Waals surface area contributed by atoms with Crippen LogP contribution in [0.2, 0.25) is 0 Å². The summed E-state index contributed by atoms with van der Waals surface area (Å²) in [6.45, 7) is 1.77. The maximum absolute atomic E-state index is 13.4. The quantitative estimate of drug-likeness (QED) is 0.628. The van der Waals surface area contributed by atoms with Crippen LogP contribution in [0, 0.1) is 11.6 Å². The standard InChI is InChI=1S/C21H20F2N2O2/c1-14(16-8-9-17(22)18(23)12-16)25(2)21(26)11-10-20-24-13-19(27-20)15-6-4-3-5-7-15/h3-9,12-14H,10-11H2,1-2H3. The van der Waals surface area contributed by atoms with Crippen LogP contribution in [0.5, 0.6) is 0 Å². The maximum Gasteiger partial charge on any atom is 0.223 e. The van der Waals surface area contributed by atoms with Gasteiger partial charge < -0.3 is 9.32 Å². The number of hydrogen-bond donors (Lipinski definition) is 0. The molecule has 0 aliphatic rings. The Kier molecular flexibility index (Phi) is 5.64. The smallest absolute Gasteiger partial charge is 0.223 e. The van der Waals surface area contributed by atoms with E-state index in [4.69, 9.17) is 4.42 Å². The van der Waals surface area contributed by atoms with Gasteiger partial charge in [0.25, 0.3) is 0 Å². The molecule has 27 heavy (non-hydrogen) atoms. The molecular weight excluding hydrogens is 350 g/mol. The summed E-state index contributed by atoms with van der Waals surface area (Å²) in [6.07, 6.45) is 2.21. The van der Waals surface area contributed by atoms with Gasteiger partial charge in [0.05, 0.1) is 12.2 Å². The van der Waals surface area contributed by atoms with Crippen LogP contribution in [0.25, 0.3) is 11.3 Å². The highest BCUT2D eigenvalue weighted by Crippen LogP contribution is 2.23. The molecule has 1 atom stereocenters. The molecule has 1 aromatic heterocycles. The van der Waals surface area contributed by atoms with Gasteiger partial charge in [-0.05, 0) is 24.6 Å². The molecule has 0 bridgehead atoms. The number of aromatic nitrogens is 1. The first-order valence-corrected chi connectivity index (χ1v) is 8.66. The molecule has 0 spiro atoms. The molecule has 1 heterocycles. The van der Waals surface area contributed by atoms with E-state index in [1.165, 1.54) is 11.0 Å². The molecule has 0 saturated heterocycles. The first-order valence-electron chi connectivity index (χ1n) is 8.66. The normalized spacial score (nSPS) is 12.0. The molecule has 2 aromatic carbocycles. The van der Waals surface area contributed by atoms with E-state index >= 15 is 0 Å². The van der Waals surface area contributed by atoms with Crippen molar-refractivity contribution in [2.45, 2.75) is 25.8 Å². The van der Waals surface area contributed by atoms with Crippen LogP contribution in [0.1, 0.15) is 30.8 Å². The zero-order chi connectivity index (χ0) is 19.4. The predicted octanol–water partition coefficient (Wildman–Crippen LogP) is 4.77. The van der Waals surface area contributed by atoms with E-state index in [1.807, 2.05) is 30.3 Å². The van der Waals surface area contributed by atoms with Gasteiger partial charge >= 0.3 is 0 Å². The number of nitrogens with zero attached hydrogens (tertiary/aromatic N) is 2. The minimum Gasteiger partial charge on any atom is -0.441 e. The molecule has 0 aliphatic carbocycles. The van der Waals surface area contributed by atoms with Gasteiger partial charge in [-0.25, -0.2) is 13.8 Å². The lowest BCUT2D eigenvalue weighted by molar-refractivity contribution is -0.131. The van der Waals surface area contributed by atoms with Crippen LogP contribution in [-0.4, -0.2) is 22.8 Å². The molecule has 1 amide bonds. The summed E-state index contributed by atoms with van der Waals surface area (Å²) in [5.41, 5.74) is 1.46. The van der Waals surface area contributed by atoms with Gasteiger partial charge in [-0.2, -0.15) is 0 Å². The second-order valence-electron chi connectivity index (χ2n) is 6.34. The molecule has 0 N–H and O–H groups in total. The van der Waals surface area contributed by atoms with Gasteiger partial charge in [0.15, 0.2) is 23.3 Å². The lowest BCUT2D eigenvalue weighted by atomic mass is 10.1. The van der Waals surface area contributed by atoms with Gasteiger partial charge in [-0.15, -0.1) is 0 Å². The molecule has 3 aromatic rings. The Morgan fingerprint density at radius 1 is 1.15 bits per heavy atom. The van der Waals surface area contributed by atoms with E-state index in [-0.39, 0.29) is 18.4 Å². The summed E-state index contributed by atoms with van der Waals surface area (Å²) in [5, 5.41) is 0. The van der Waals surface area contributed by atoms with E-state index < -0.39 is 11.6 Å². The van der Waals surface area contributed by atoms with Gasteiger partial charge in [0.1, 0.15) is 0 Å². The summed E-state index contributed by atoms with van der Waals surface area (Å²) < 4.78 is 32.2. The fourth-order valence-electron chi connectivity index (χ4n) is 2.76. The first-order chi connectivity index (χ1) is 13.0. The average Bonchev–Trinajstić information content (AvgIpc) is 3.17. The molecule has 0 aliphatic heterocycles. The third-order valence-electron chi connectivity index (χ3n) is 4.57. The Morgan fingerprint density at radius 2 is 1.89 bits per heavy atom. The van der Waals surface area contributed by atoms with Crippen molar-refractivity contribution in [2.75, 3.05) is 7.05 Å². The zero-order valence-electron chi connectivity index (χ0n) is 15.2. The number of rotatable bonds is 6. The second kappa shape index (κ2) is 8.12. The second-order valence-corrected chi connectivity index (χ2v) is 6.34. The summed E-state index contributed by atoms with van der Waals surface area (Å²) in [7, 11) is 1.64. The Labute approximate surface area is 156 Å². The van der Waals surface area contributed by atoms with E-state index in [0.29, 0.717) is 23.6 Å². The third-order valence-corrected chi connectivity index (χ3v) is 4.57. The SMILES string of the molecule is CC(c1ccc(F)c(F)c1)N(C)C(=O)CCc1ncc(-c2ccccc2)o1. The Morgan fingerprint density at radius 3 is 2.59 bits per heavy atom. The summed E-state index contributed by atoms with van der Waals surface area (Å²) in [4.78, 5) is 18.2. The number of carbonyl (C=O) groups is 1. The van der Waals surface area contributed by atoms with Crippen LogP contribution < -0.4 is 0 Å². The monoisotopic (exact) mass is 370 g/mol. The highest BCUT2D eigenvalue weighted by Gasteiger charge is 2.19. The van der Waals surface area contributed by atoms with Crippen molar-refractivity contribution in [3.05, 3.63) is 77.8 Å². The van der Waals surface area contributed by atoms with Gasteiger partial charge in [-0.3, -0.25) is 4.79 Å². The number of oxazole rings is 1. The maximum atomic E-state index is 13.4. The lowest BCUT2D eigenvalue weighted by Gasteiger charge is -2.25. The number of halogens is 2. The Hall–Kier alpha value is -3.02. The molecule has 1 unspecified atom stereocenters. The minimum atomic E-state index is -0.923. The van der Waals surface area contributed by atoms with Crippen molar-refractivity contribution in [2.24, 2.45) is 0 Å². The minimum absolute atomic E-state index is 0.133. The van der Waals surface area contributed by atoms with Crippen LogP contribution >= 0.6 is 0 Å². The number of amides is 1. The van der Waals surface area contributed by atoms with Gasteiger partial charge in [-0.1, -0.05) is 36.4 Å². The van der Waals surface area contributed by atoms with Crippen LogP contribution in [0.4, 0.5) is 8.78 Å². The third kappa shape index (κ3) is 4.39. The van der Waals surface area contributed by atoms with Crippen LogP contribution in [0.3, 0.4) is 0 Å². The van der Waals surface area contributed by atoms with Crippen LogP contribution in [-0.2, 0) is 11.2 Å². The predicted molar refractivity (Wildman–Crippen MR) is 97.8 cm³/mol. The highest BCUT2D eigenvalue weighted by molar-refractivity contribution is 5.76. The summed E-state index contributed by atoms with van der Waals surface area (Å²) >= 11 is 0. The Balaban J connectivity index is 1.60. The van der Waals surface area contributed by atoms with Gasteiger partial charge in [0.2, 0.25) is 5.91 Å². The first kappa shape index (κ1) is 18.8. The van der Waals surface area contributed by atoms with E-state index in [0.717, 1.165) is 17.7 Å². The van der Waals surface area contributed by atoms with E-state index in [9.17, 15) is 13.6 Å². The molecule has 3 rings (SSSR count). The van der Waals surface area contributed by atoms with Crippen molar-refractivity contribution >= 4 is 5.91 Å². The van der Waals surface area contributed by atoms with Crippen molar-refractivity contribution < 1.29 is 18.0 Å². The molecule has 0 fully saturated rings. The number of benzene rings is 2. The highest BCUT2D eigenvalue weighted by atomic mass is 19.2. The topological polar surface area (TPSA) is 46.3 Å². The molecular formula is C21H20F2N2O2.